The first-order valence-corrected chi connectivity index (χ1v) is 9.12. The maximum absolute atomic E-state index is 12.2. The molecule has 3 rings (SSSR count). The highest BCUT2D eigenvalue weighted by Crippen LogP contribution is 2.18. The van der Waals surface area contributed by atoms with Crippen LogP contribution in [0.3, 0.4) is 0 Å². The summed E-state index contributed by atoms with van der Waals surface area (Å²) >= 11 is 0. The summed E-state index contributed by atoms with van der Waals surface area (Å²) in [6, 6.07) is 12.9. The number of aromatic nitrogens is 3. The average Bonchev–Trinajstić information content (AvgIpc) is 3.00. The van der Waals surface area contributed by atoms with Gasteiger partial charge in [-0.3, -0.25) is 9.67 Å². The van der Waals surface area contributed by atoms with Crippen LogP contribution >= 0.6 is 0 Å². The lowest BCUT2D eigenvalue weighted by Gasteiger charge is -2.08. The Bertz CT molecular complexity index is 921. The van der Waals surface area contributed by atoms with Gasteiger partial charge in [-0.15, -0.1) is 0 Å². The number of hydrogen-bond donors (Lipinski definition) is 1. The Labute approximate surface area is 141 Å². The smallest absolute Gasteiger partial charge is 0.216 e. The molecule has 0 bridgehead atoms. The van der Waals surface area contributed by atoms with Crippen LogP contribution in [0.25, 0.3) is 11.3 Å². The molecule has 2 heterocycles. The number of sulfonamides is 1. The van der Waals surface area contributed by atoms with E-state index in [1.807, 2.05) is 37.4 Å². The third-order valence-corrected chi connectivity index (χ3v) is 4.90. The number of nitrogens with one attached hydrogen (secondary N) is 1. The average molecular weight is 342 g/mol. The normalized spacial score (nSPS) is 11.5. The summed E-state index contributed by atoms with van der Waals surface area (Å²) < 4.78 is 28.8. The number of rotatable bonds is 6. The van der Waals surface area contributed by atoms with Gasteiger partial charge in [-0.25, -0.2) is 13.1 Å². The minimum absolute atomic E-state index is 0.0390. The van der Waals surface area contributed by atoms with Gasteiger partial charge in [0.2, 0.25) is 10.0 Å². The molecule has 0 aliphatic rings. The first kappa shape index (κ1) is 16.4. The number of pyridine rings is 1. The van der Waals surface area contributed by atoms with E-state index in [-0.39, 0.29) is 12.3 Å². The molecular weight excluding hydrogens is 324 g/mol. The molecule has 0 aliphatic carbocycles. The summed E-state index contributed by atoms with van der Waals surface area (Å²) in [5.41, 5.74) is 3.38. The fourth-order valence-electron chi connectivity index (χ4n) is 2.42. The topological polar surface area (TPSA) is 76.9 Å². The van der Waals surface area contributed by atoms with Gasteiger partial charge in [0.15, 0.2) is 0 Å². The SMILES string of the molecule is Cn1nccc1-c1cncc(CNS(=O)(=O)Cc2ccccc2)c1. The lowest BCUT2D eigenvalue weighted by molar-refractivity contribution is 0.580. The summed E-state index contributed by atoms with van der Waals surface area (Å²) in [6.07, 6.45) is 5.11. The van der Waals surface area contributed by atoms with Gasteiger partial charge in [0.05, 0.1) is 11.4 Å². The van der Waals surface area contributed by atoms with Crippen molar-refractivity contribution in [2.45, 2.75) is 12.3 Å². The van der Waals surface area contributed by atoms with Gasteiger partial charge in [-0.05, 0) is 23.3 Å². The highest BCUT2D eigenvalue weighted by atomic mass is 32.2. The summed E-state index contributed by atoms with van der Waals surface area (Å²) in [7, 11) is -1.55. The van der Waals surface area contributed by atoms with E-state index in [2.05, 4.69) is 14.8 Å². The van der Waals surface area contributed by atoms with Crippen molar-refractivity contribution in [1.29, 1.82) is 0 Å². The van der Waals surface area contributed by atoms with Gasteiger partial charge in [-0.1, -0.05) is 30.3 Å². The molecule has 124 valence electrons. The fourth-order valence-corrected chi connectivity index (χ4v) is 3.54. The van der Waals surface area contributed by atoms with Crippen LogP contribution in [-0.2, 0) is 29.4 Å². The molecule has 6 nitrogen and oxygen atoms in total. The zero-order valence-electron chi connectivity index (χ0n) is 13.3. The Morgan fingerprint density at radius 3 is 2.58 bits per heavy atom. The highest BCUT2D eigenvalue weighted by molar-refractivity contribution is 7.88. The minimum atomic E-state index is -3.40. The van der Waals surface area contributed by atoms with E-state index in [1.165, 1.54) is 0 Å². The van der Waals surface area contributed by atoms with Crippen LogP contribution in [0.1, 0.15) is 11.1 Å². The van der Waals surface area contributed by atoms with E-state index in [9.17, 15) is 8.42 Å². The second-order valence-corrected chi connectivity index (χ2v) is 7.29. The second-order valence-electron chi connectivity index (χ2n) is 5.49. The summed E-state index contributed by atoms with van der Waals surface area (Å²) in [5.74, 6) is -0.0390. The van der Waals surface area contributed by atoms with Crippen molar-refractivity contribution in [3.63, 3.8) is 0 Å². The number of nitrogens with zero attached hydrogens (tertiary/aromatic N) is 3. The van der Waals surface area contributed by atoms with Gasteiger partial charge in [-0.2, -0.15) is 5.10 Å². The minimum Gasteiger partial charge on any atom is -0.268 e. The largest absolute Gasteiger partial charge is 0.268 e. The Morgan fingerprint density at radius 2 is 1.88 bits per heavy atom. The summed E-state index contributed by atoms with van der Waals surface area (Å²) in [4.78, 5) is 4.19. The van der Waals surface area contributed by atoms with Gasteiger partial charge in [0.1, 0.15) is 0 Å². The summed E-state index contributed by atoms with van der Waals surface area (Å²) in [6.45, 7) is 0.202. The van der Waals surface area contributed by atoms with Crippen molar-refractivity contribution >= 4 is 10.0 Å². The van der Waals surface area contributed by atoms with Crippen molar-refractivity contribution in [3.8, 4) is 11.3 Å². The van der Waals surface area contributed by atoms with Crippen molar-refractivity contribution in [3.05, 3.63) is 72.2 Å². The molecule has 0 unspecified atom stereocenters. The van der Waals surface area contributed by atoms with Crippen LogP contribution in [-0.4, -0.2) is 23.2 Å². The Hall–Kier alpha value is -2.51. The monoisotopic (exact) mass is 342 g/mol. The Morgan fingerprint density at radius 1 is 1.08 bits per heavy atom. The third kappa shape index (κ3) is 4.06. The molecule has 0 fully saturated rings. The number of benzene rings is 1. The van der Waals surface area contributed by atoms with Crippen molar-refractivity contribution in [1.82, 2.24) is 19.5 Å². The predicted molar refractivity (Wildman–Crippen MR) is 92.3 cm³/mol. The van der Waals surface area contributed by atoms with Gasteiger partial charge in [0, 0.05) is 37.7 Å². The molecule has 24 heavy (non-hydrogen) atoms. The van der Waals surface area contributed by atoms with E-state index < -0.39 is 10.0 Å². The number of hydrogen-bond acceptors (Lipinski definition) is 4. The molecule has 1 N–H and O–H groups in total. The van der Waals surface area contributed by atoms with Crippen molar-refractivity contribution in [2.24, 2.45) is 7.05 Å². The van der Waals surface area contributed by atoms with Crippen LogP contribution in [0.15, 0.2) is 61.1 Å². The van der Waals surface area contributed by atoms with Crippen LogP contribution in [0.5, 0.6) is 0 Å². The molecule has 2 aromatic heterocycles. The van der Waals surface area contributed by atoms with Gasteiger partial charge >= 0.3 is 0 Å². The lowest BCUT2D eigenvalue weighted by atomic mass is 10.1. The number of aryl methyl sites for hydroxylation is 1. The zero-order chi connectivity index (χ0) is 17.0. The molecule has 3 aromatic rings. The van der Waals surface area contributed by atoms with E-state index >= 15 is 0 Å². The van der Waals surface area contributed by atoms with Crippen LogP contribution < -0.4 is 4.72 Å². The third-order valence-electron chi connectivity index (χ3n) is 3.61. The quantitative estimate of drug-likeness (QED) is 0.744. The standard InChI is InChI=1S/C17H18N4O2S/c1-21-17(7-8-19-21)16-9-15(10-18-12-16)11-20-24(22,23)13-14-5-3-2-4-6-14/h2-10,12,20H,11,13H2,1H3. The molecule has 1 aromatic carbocycles. The molecule has 0 aliphatic heterocycles. The summed E-state index contributed by atoms with van der Waals surface area (Å²) in [5, 5.41) is 4.13. The van der Waals surface area contributed by atoms with E-state index in [0.717, 1.165) is 22.4 Å². The van der Waals surface area contributed by atoms with E-state index in [1.54, 1.807) is 35.4 Å². The Balaban J connectivity index is 1.69. The molecule has 0 radical (unpaired) electrons. The molecular formula is C17H18N4O2S. The molecule has 0 saturated carbocycles. The van der Waals surface area contributed by atoms with Crippen LogP contribution in [0, 0.1) is 0 Å². The van der Waals surface area contributed by atoms with Gasteiger partial charge < -0.3 is 0 Å². The Kier molecular flexibility index (Phi) is 4.73. The predicted octanol–water partition coefficient (Wildman–Crippen LogP) is 2.10. The molecule has 0 spiro atoms. The van der Waals surface area contributed by atoms with Crippen LogP contribution in [0.4, 0.5) is 0 Å². The first-order chi connectivity index (χ1) is 11.5. The van der Waals surface area contributed by atoms with E-state index in [0.29, 0.717) is 0 Å². The molecule has 0 saturated heterocycles. The van der Waals surface area contributed by atoms with Gasteiger partial charge in [0.25, 0.3) is 0 Å². The zero-order valence-corrected chi connectivity index (χ0v) is 14.1. The lowest BCUT2D eigenvalue weighted by Crippen LogP contribution is -2.24. The highest BCUT2D eigenvalue weighted by Gasteiger charge is 2.12. The maximum atomic E-state index is 12.2. The molecule has 0 atom stereocenters. The van der Waals surface area contributed by atoms with Crippen molar-refractivity contribution in [2.75, 3.05) is 0 Å². The van der Waals surface area contributed by atoms with E-state index in [4.69, 9.17) is 0 Å². The molecule has 0 amide bonds. The first-order valence-electron chi connectivity index (χ1n) is 7.47. The fraction of sp³-hybridized carbons (Fsp3) is 0.176. The maximum Gasteiger partial charge on any atom is 0.216 e. The molecule has 7 heteroatoms. The van der Waals surface area contributed by atoms with Crippen molar-refractivity contribution < 1.29 is 8.42 Å². The second kappa shape index (κ2) is 6.94. The van der Waals surface area contributed by atoms with Crippen LogP contribution in [0.2, 0.25) is 0 Å².